The van der Waals surface area contributed by atoms with Gasteiger partial charge in [-0.05, 0) is 43.0 Å². The minimum atomic E-state index is -0.00190. The van der Waals surface area contributed by atoms with Gasteiger partial charge in [0.05, 0.1) is 36.1 Å². The Morgan fingerprint density at radius 2 is 2.06 bits per heavy atom. The predicted octanol–water partition coefficient (Wildman–Crippen LogP) is 4.40. The molecule has 0 saturated carbocycles. The van der Waals surface area contributed by atoms with E-state index < -0.39 is 0 Å². The Bertz CT molecular complexity index is 1030. The Morgan fingerprint density at radius 3 is 2.84 bits per heavy atom. The molecule has 1 aliphatic rings. The topological polar surface area (TPSA) is 54.9 Å². The molecule has 164 valence electrons. The first-order chi connectivity index (χ1) is 15.2. The maximum Gasteiger partial charge on any atom is 0.261 e. The zero-order chi connectivity index (χ0) is 21.6. The lowest BCUT2D eigenvalue weighted by atomic mass is 10.2. The van der Waals surface area contributed by atoms with Crippen LogP contribution in [0.1, 0.15) is 16.8 Å². The molecule has 0 radical (unpaired) electrons. The van der Waals surface area contributed by atoms with E-state index in [1.807, 2.05) is 53.6 Å². The van der Waals surface area contributed by atoms with E-state index in [4.69, 9.17) is 14.5 Å². The summed E-state index contributed by atoms with van der Waals surface area (Å²) in [5.41, 5.74) is 1.60. The smallest absolute Gasteiger partial charge is 0.261 e. The summed E-state index contributed by atoms with van der Waals surface area (Å²) < 4.78 is 11.8. The average Bonchev–Trinajstić information content (AvgIpc) is 3.25. The molecule has 0 spiro atoms. The van der Waals surface area contributed by atoms with Crippen LogP contribution in [0.25, 0.3) is 10.2 Å². The van der Waals surface area contributed by atoms with Crippen molar-refractivity contribution in [2.75, 3.05) is 57.7 Å². The molecule has 1 aromatic heterocycles. The van der Waals surface area contributed by atoms with Gasteiger partial charge in [0.2, 0.25) is 0 Å². The highest BCUT2D eigenvalue weighted by Gasteiger charge is 2.23. The number of thiazole rings is 1. The second kappa shape index (κ2) is 10.5. The van der Waals surface area contributed by atoms with Crippen molar-refractivity contribution in [2.24, 2.45) is 0 Å². The molecule has 0 bridgehead atoms. The van der Waals surface area contributed by atoms with Gasteiger partial charge in [0.25, 0.3) is 5.91 Å². The van der Waals surface area contributed by atoms with E-state index in [1.165, 1.54) is 11.3 Å². The van der Waals surface area contributed by atoms with Gasteiger partial charge in [0.1, 0.15) is 5.75 Å². The fourth-order valence-electron chi connectivity index (χ4n) is 3.66. The minimum absolute atomic E-state index is 0.00190. The maximum absolute atomic E-state index is 13.6. The Kier molecular flexibility index (Phi) is 7.45. The number of carbonyl (C=O) groups excluding carboxylic acids is 1. The Balaban J connectivity index is 1.60. The van der Waals surface area contributed by atoms with Crippen LogP contribution in [0.2, 0.25) is 0 Å². The molecule has 1 aliphatic heterocycles. The molecule has 1 saturated heterocycles. The maximum atomic E-state index is 13.6. The number of amides is 1. The van der Waals surface area contributed by atoms with Gasteiger partial charge < -0.3 is 9.47 Å². The molecule has 8 heteroatoms. The highest BCUT2D eigenvalue weighted by atomic mass is 32.2. The van der Waals surface area contributed by atoms with Gasteiger partial charge in [0.15, 0.2) is 5.13 Å². The molecule has 1 amide bonds. The number of thioether (sulfide) groups is 1. The van der Waals surface area contributed by atoms with Crippen molar-refractivity contribution >= 4 is 44.4 Å². The summed E-state index contributed by atoms with van der Waals surface area (Å²) in [5.74, 6) is 0.790. The fourth-order valence-corrected chi connectivity index (χ4v) is 5.27. The zero-order valence-corrected chi connectivity index (χ0v) is 19.5. The van der Waals surface area contributed by atoms with E-state index in [2.05, 4.69) is 4.90 Å². The predicted molar refractivity (Wildman–Crippen MR) is 128 cm³/mol. The number of hydrogen-bond acceptors (Lipinski definition) is 7. The van der Waals surface area contributed by atoms with Gasteiger partial charge in [-0.15, -0.1) is 11.8 Å². The van der Waals surface area contributed by atoms with E-state index in [9.17, 15) is 4.79 Å². The first-order valence-electron chi connectivity index (χ1n) is 10.4. The SMILES string of the molecule is COc1ccc2nc(N(CCCN3CCOCC3)C(=O)c3ccccc3SC)sc2c1. The summed E-state index contributed by atoms with van der Waals surface area (Å²) >= 11 is 3.12. The van der Waals surface area contributed by atoms with Crippen LogP contribution in [-0.2, 0) is 4.74 Å². The third-order valence-corrected chi connectivity index (χ3v) is 7.19. The summed E-state index contributed by atoms with van der Waals surface area (Å²) in [5, 5.41) is 0.728. The van der Waals surface area contributed by atoms with Gasteiger partial charge in [-0.2, -0.15) is 0 Å². The number of anilines is 1. The monoisotopic (exact) mass is 457 g/mol. The second-order valence-corrected chi connectivity index (χ2v) is 9.15. The minimum Gasteiger partial charge on any atom is -0.497 e. The van der Waals surface area contributed by atoms with Crippen LogP contribution < -0.4 is 9.64 Å². The number of fused-ring (bicyclic) bond motifs is 1. The number of carbonyl (C=O) groups is 1. The van der Waals surface area contributed by atoms with Gasteiger partial charge in [0, 0.05) is 31.1 Å². The number of nitrogens with zero attached hydrogens (tertiary/aromatic N) is 3. The van der Waals surface area contributed by atoms with E-state index in [0.29, 0.717) is 6.54 Å². The summed E-state index contributed by atoms with van der Waals surface area (Å²) in [6.45, 7) is 5.02. The molecule has 4 rings (SSSR count). The number of hydrogen-bond donors (Lipinski definition) is 0. The molecular formula is C23H27N3O3S2. The summed E-state index contributed by atoms with van der Waals surface area (Å²) in [6, 6.07) is 13.6. The van der Waals surface area contributed by atoms with Gasteiger partial charge in [-0.3, -0.25) is 14.6 Å². The summed E-state index contributed by atoms with van der Waals surface area (Å²) in [4.78, 5) is 23.6. The zero-order valence-electron chi connectivity index (χ0n) is 17.9. The molecule has 0 aliphatic carbocycles. The van der Waals surface area contributed by atoms with Crippen LogP contribution in [0, 0.1) is 0 Å². The van der Waals surface area contributed by atoms with E-state index in [0.717, 1.165) is 70.8 Å². The van der Waals surface area contributed by atoms with E-state index in [1.54, 1.807) is 18.9 Å². The third-order valence-electron chi connectivity index (χ3n) is 5.36. The lowest BCUT2D eigenvalue weighted by molar-refractivity contribution is 0.0376. The lowest BCUT2D eigenvalue weighted by Gasteiger charge is -2.28. The van der Waals surface area contributed by atoms with Crippen molar-refractivity contribution in [3.05, 3.63) is 48.0 Å². The van der Waals surface area contributed by atoms with Crippen molar-refractivity contribution in [3.8, 4) is 5.75 Å². The normalized spacial score (nSPS) is 14.6. The van der Waals surface area contributed by atoms with Crippen molar-refractivity contribution < 1.29 is 14.3 Å². The van der Waals surface area contributed by atoms with Crippen molar-refractivity contribution in [3.63, 3.8) is 0 Å². The van der Waals surface area contributed by atoms with Crippen LogP contribution >= 0.6 is 23.1 Å². The van der Waals surface area contributed by atoms with Crippen LogP contribution in [0.15, 0.2) is 47.4 Å². The number of benzene rings is 2. The van der Waals surface area contributed by atoms with Gasteiger partial charge in [-0.1, -0.05) is 23.5 Å². The molecule has 2 heterocycles. The lowest BCUT2D eigenvalue weighted by Crippen LogP contribution is -2.39. The standard InChI is InChI=1S/C23H27N3O3S2/c1-28-17-8-9-19-21(16-17)31-23(24-19)26(11-5-10-25-12-14-29-15-13-25)22(27)18-6-3-4-7-20(18)30-2/h3-4,6-9,16H,5,10-15H2,1-2H3. The number of ether oxygens (including phenoxy) is 2. The molecule has 3 aromatic rings. The molecule has 0 atom stereocenters. The quantitative estimate of drug-likeness (QED) is 0.468. The Labute approximate surface area is 191 Å². The molecule has 0 N–H and O–H groups in total. The van der Waals surface area contributed by atoms with E-state index >= 15 is 0 Å². The van der Waals surface area contributed by atoms with Crippen LogP contribution in [-0.4, -0.2) is 68.5 Å². The van der Waals surface area contributed by atoms with Crippen molar-refractivity contribution in [1.29, 1.82) is 0 Å². The van der Waals surface area contributed by atoms with Crippen molar-refractivity contribution in [2.45, 2.75) is 11.3 Å². The molecule has 6 nitrogen and oxygen atoms in total. The first kappa shape index (κ1) is 22.1. The van der Waals surface area contributed by atoms with Crippen LogP contribution in [0.3, 0.4) is 0 Å². The molecular weight excluding hydrogens is 430 g/mol. The highest BCUT2D eigenvalue weighted by molar-refractivity contribution is 7.98. The first-order valence-corrected chi connectivity index (χ1v) is 12.4. The summed E-state index contributed by atoms with van der Waals surface area (Å²) in [6.07, 6.45) is 2.88. The largest absolute Gasteiger partial charge is 0.497 e. The van der Waals surface area contributed by atoms with Gasteiger partial charge in [-0.25, -0.2) is 4.98 Å². The summed E-state index contributed by atoms with van der Waals surface area (Å²) in [7, 11) is 1.66. The van der Waals surface area contributed by atoms with E-state index in [-0.39, 0.29) is 5.91 Å². The van der Waals surface area contributed by atoms with Crippen LogP contribution in [0.5, 0.6) is 5.75 Å². The number of morpholine rings is 1. The highest BCUT2D eigenvalue weighted by Crippen LogP contribution is 2.33. The fraction of sp³-hybridized carbons (Fsp3) is 0.391. The number of aromatic nitrogens is 1. The Morgan fingerprint density at radius 1 is 1.26 bits per heavy atom. The van der Waals surface area contributed by atoms with Crippen LogP contribution in [0.4, 0.5) is 5.13 Å². The Hall–Kier alpha value is -2.13. The molecule has 2 aromatic carbocycles. The van der Waals surface area contributed by atoms with Crippen molar-refractivity contribution in [1.82, 2.24) is 9.88 Å². The third kappa shape index (κ3) is 5.20. The average molecular weight is 458 g/mol. The van der Waals surface area contributed by atoms with Gasteiger partial charge >= 0.3 is 0 Å². The number of methoxy groups -OCH3 is 1. The molecule has 31 heavy (non-hydrogen) atoms. The molecule has 0 unspecified atom stereocenters. The second-order valence-electron chi connectivity index (χ2n) is 7.29. The number of rotatable bonds is 8. The molecule has 1 fully saturated rings.